The van der Waals surface area contributed by atoms with Crippen LogP contribution in [0.25, 0.3) is 21.3 Å². The molecule has 1 aliphatic carbocycles. The summed E-state index contributed by atoms with van der Waals surface area (Å²) in [6.45, 7) is 8.69. The van der Waals surface area contributed by atoms with Gasteiger partial charge in [-0.1, -0.05) is 50.1 Å². The van der Waals surface area contributed by atoms with E-state index in [2.05, 4.69) is 58.0 Å². The van der Waals surface area contributed by atoms with Gasteiger partial charge in [-0.25, -0.2) is 4.98 Å². The summed E-state index contributed by atoms with van der Waals surface area (Å²) >= 11 is 1.86. The van der Waals surface area contributed by atoms with Crippen molar-refractivity contribution in [1.29, 1.82) is 5.26 Å². The predicted octanol–water partition coefficient (Wildman–Crippen LogP) is 6.72. The molecule has 0 N–H and O–H groups in total. The van der Waals surface area contributed by atoms with E-state index in [1.165, 1.54) is 32.5 Å². The van der Waals surface area contributed by atoms with Gasteiger partial charge in [-0.15, -0.1) is 11.3 Å². The third kappa shape index (κ3) is 3.07. The Kier molecular flexibility index (Phi) is 4.78. The lowest BCUT2D eigenvalue weighted by molar-refractivity contribution is 0.630. The van der Waals surface area contributed by atoms with Crippen LogP contribution in [0.3, 0.4) is 0 Å². The van der Waals surface area contributed by atoms with Gasteiger partial charge >= 0.3 is 0 Å². The number of thiophene rings is 1. The summed E-state index contributed by atoms with van der Waals surface area (Å²) in [6, 6.07) is 11.4. The fraction of sp³-hybridized carbons (Fsp3) is 0.417. The van der Waals surface area contributed by atoms with E-state index in [4.69, 9.17) is 4.98 Å². The molecule has 1 aliphatic rings. The van der Waals surface area contributed by atoms with Gasteiger partial charge in [-0.2, -0.15) is 5.26 Å². The van der Waals surface area contributed by atoms with Crippen molar-refractivity contribution >= 4 is 21.6 Å². The molecule has 138 valence electrons. The Bertz CT molecular complexity index is 1040. The number of nitriles is 1. The molecule has 0 radical (unpaired) electrons. The lowest BCUT2D eigenvalue weighted by atomic mass is 9.85. The van der Waals surface area contributed by atoms with Crippen LogP contribution < -0.4 is 0 Å². The quantitative estimate of drug-likeness (QED) is 0.508. The molecule has 0 spiro atoms. The number of benzene rings is 1. The zero-order valence-electron chi connectivity index (χ0n) is 16.6. The first kappa shape index (κ1) is 18.2. The van der Waals surface area contributed by atoms with Crippen LogP contribution in [0, 0.1) is 31.1 Å². The first-order valence-electron chi connectivity index (χ1n) is 9.94. The number of nitrogens with zero attached hydrogens (tertiary/aromatic N) is 2. The molecule has 3 heteroatoms. The minimum absolute atomic E-state index is 0.0995. The maximum atomic E-state index is 9.93. The summed E-state index contributed by atoms with van der Waals surface area (Å²) in [7, 11) is 0. The summed E-state index contributed by atoms with van der Waals surface area (Å²) < 4.78 is 0. The van der Waals surface area contributed by atoms with Crippen LogP contribution in [0.2, 0.25) is 0 Å². The maximum Gasteiger partial charge on any atom is 0.124 e. The van der Waals surface area contributed by atoms with Gasteiger partial charge < -0.3 is 0 Å². The average molecular weight is 375 g/mol. The molecule has 0 saturated carbocycles. The second-order valence-corrected chi connectivity index (χ2v) is 9.10. The number of hydrogen-bond acceptors (Lipinski definition) is 3. The SMILES string of the molecule is CCCC(C#N)c1c(C)nc2sc3c(c2c1-c1ccc(C)cc1)CC(C)C3. The van der Waals surface area contributed by atoms with Gasteiger partial charge in [0.1, 0.15) is 4.83 Å². The third-order valence-electron chi connectivity index (χ3n) is 5.76. The van der Waals surface area contributed by atoms with Gasteiger partial charge in [0.05, 0.1) is 12.0 Å². The smallest absolute Gasteiger partial charge is 0.124 e. The highest BCUT2D eigenvalue weighted by Gasteiger charge is 2.29. The van der Waals surface area contributed by atoms with E-state index in [0.717, 1.165) is 41.8 Å². The van der Waals surface area contributed by atoms with Gasteiger partial charge in [0.15, 0.2) is 0 Å². The predicted molar refractivity (Wildman–Crippen MR) is 114 cm³/mol. The Morgan fingerprint density at radius 1 is 1.22 bits per heavy atom. The molecule has 2 unspecified atom stereocenters. The fourth-order valence-corrected chi connectivity index (χ4v) is 5.91. The van der Waals surface area contributed by atoms with Crippen LogP contribution in [0.4, 0.5) is 0 Å². The van der Waals surface area contributed by atoms with Crippen LogP contribution >= 0.6 is 11.3 Å². The van der Waals surface area contributed by atoms with Crippen LogP contribution in [0.1, 0.15) is 59.9 Å². The highest BCUT2D eigenvalue weighted by atomic mass is 32.1. The van der Waals surface area contributed by atoms with Crippen molar-refractivity contribution in [1.82, 2.24) is 4.98 Å². The Balaban J connectivity index is 2.08. The molecule has 2 atom stereocenters. The van der Waals surface area contributed by atoms with E-state index in [0.29, 0.717) is 5.92 Å². The van der Waals surface area contributed by atoms with E-state index in [9.17, 15) is 5.26 Å². The largest absolute Gasteiger partial charge is 0.242 e. The van der Waals surface area contributed by atoms with Crippen molar-refractivity contribution in [2.45, 2.75) is 59.3 Å². The molecule has 0 amide bonds. The van der Waals surface area contributed by atoms with Crippen LogP contribution in [-0.2, 0) is 12.8 Å². The van der Waals surface area contributed by atoms with E-state index in [1.807, 2.05) is 11.3 Å². The van der Waals surface area contributed by atoms with Gasteiger partial charge in [-0.3, -0.25) is 0 Å². The first-order valence-corrected chi connectivity index (χ1v) is 10.8. The zero-order valence-corrected chi connectivity index (χ0v) is 17.4. The minimum atomic E-state index is -0.0995. The molecule has 0 saturated heterocycles. The van der Waals surface area contributed by atoms with Crippen LogP contribution in [0.15, 0.2) is 24.3 Å². The highest BCUT2D eigenvalue weighted by Crippen LogP contribution is 2.46. The third-order valence-corrected chi connectivity index (χ3v) is 6.91. The van der Waals surface area contributed by atoms with Crippen molar-refractivity contribution in [3.8, 4) is 17.2 Å². The molecule has 0 bridgehead atoms. The van der Waals surface area contributed by atoms with Gasteiger partial charge in [0, 0.05) is 16.0 Å². The maximum absolute atomic E-state index is 9.93. The summed E-state index contributed by atoms with van der Waals surface area (Å²) in [6.07, 6.45) is 4.17. The summed E-state index contributed by atoms with van der Waals surface area (Å²) in [4.78, 5) is 7.64. The number of aryl methyl sites for hydroxylation is 2. The van der Waals surface area contributed by atoms with Crippen molar-refractivity contribution in [2.24, 2.45) is 5.92 Å². The highest BCUT2D eigenvalue weighted by molar-refractivity contribution is 7.19. The number of rotatable bonds is 4. The Hall–Kier alpha value is -2.18. The summed E-state index contributed by atoms with van der Waals surface area (Å²) in [5.74, 6) is 0.603. The monoisotopic (exact) mass is 374 g/mol. The van der Waals surface area contributed by atoms with Crippen LogP contribution in [-0.4, -0.2) is 4.98 Å². The molecule has 4 rings (SSSR count). The zero-order chi connectivity index (χ0) is 19.1. The molecule has 27 heavy (non-hydrogen) atoms. The molecule has 2 nitrogen and oxygen atoms in total. The normalized spacial score (nSPS) is 17.1. The molecule has 0 aliphatic heterocycles. The van der Waals surface area contributed by atoms with E-state index in [1.54, 1.807) is 0 Å². The number of pyridine rings is 1. The Morgan fingerprint density at radius 2 is 1.96 bits per heavy atom. The minimum Gasteiger partial charge on any atom is -0.242 e. The number of fused-ring (bicyclic) bond motifs is 3. The molecule has 1 aromatic carbocycles. The van der Waals surface area contributed by atoms with E-state index < -0.39 is 0 Å². The molecule has 0 fully saturated rings. The van der Waals surface area contributed by atoms with Crippen LogP contribution in [0.5, 0.6) is 0 Å². The molecule has 2 heterocycles. The lowest BCUT2D eigenvalue weighted by Crippen LogP contribution is -2.05. The van der Waals surface area contributed by atoms with Gasteiger partial charge in [0.25, 0.3) is 0 Å². The second-order valence-electron chi connectivity index (χ2n) is 8.02. The van der Waals surface area contributed by atoms with E-state index in [-0.39, 0.29) is 5.92 Å². The average Bonchev–Trinajstić information content (AvgIpc) is 3.15. The second kappa shape index (κ2) is 7.09. The summed E-state index contributed by atoms with van der Waals surface area (Å²) in [5.41, 5.74) is 7.41. The summed E-state index contributed by atoms with van der Waals surface area (Å²) in [5, 5.41) is 11.3. The van der Waals surface area contributed by atoms with Gasteiger partial charge in [0.2, 0.25) is 0 Å². The lowest BCUT2D eigenvalue weighted by Gasteiger charge is -2.19. The molecule has 3 aromatic rings. The Morgan fingerprint density at radius 3 is 2.63 bits per heavy atom. The Labute approximate surface area is 165 Å². The number of aromatic nitrogens is 1. The van der Waals surface area contributed by atoms with Crippen molar-refractivity contribution < 1.29 is 0 Å². The molecular weight excluding hydrogens is 348 g/mol. The van der Waals surface area contributed by atoms with Crippen molar-refractivity contribution in [2.75, 3.05) is 0 Å². The fourth-order valence-electron chi connectivity index (χ4n) is 4.49. The van der Waals surface area contributed by atoms with Crippen molar-refractivity contribution in [3.05, 3.63) is 51.5 Å². The van der Waals surface area contributed by atoms with Gasteiger partial charge in [-0.05, 0) is 61.3 Å². The number of hydrogen-bond donors (Lipinski definition) is 0. The first-order chi connectivity index (χ1) is 13.0. The van der Waals surface area contributed by atoms with E-state index >= 15 is 0 Å². The standard InChI is InChI=1S/C24H26N2S/c1-5-6-18(13-25)21-16(4)26-24-23(19-11-15(3)12-20(19)27-24)22(21)17-9-7-14(2)8-10-17/h7-10,15,18H,5-6,11-12H2,1-4H3. The topological polar surface area (TPSA) is 36.7 Å². The molecule has 2 aromatic heterocycles. The van der Waals surface area contributed by atoms with Crippen molar-refractivity contribution in [3.63, 3.8) is 0 Å². The molecular formula is C24H26N2S.